The number of nitrogens with one attached hydrogen (secondary N) is 1. The van der Waals surface area contributed by atoms with Crippen molar-refractivity contribution in [2.45, 2.75) is 39.7 Å². The van der Waals surface area contributed by atoms with Crippen LogP contribution >= 0.6 is 0 Å². The maximum Gasteiger partial charge on any atom is 0.251 e. The number of piperidine rings is 1. The molecular formula is C16H26N2O. The summed E-state index contributed by atoms with van der Waals surface area (Å²) >= 11 is 0. The standard InChI is InChI=1S/C14H20N2O.C2H6/c1-11-3-5-12(6-4-11)14(17)15-13-7-9-16(2)10-8-13;1-2/h3-6,13H,7-10H2,1-2H3,(H,15,17);1-2H3. The van der Waals surface area contributed by atoms with Gasteiger partial charge in [0.15, 0.2) is 0 Å². The van der Waals surface area contributed by atoms with Gasteiger partial charge in [0, 0.05) is 11.6 Å². The van der Waals surface area contributed by atoms with Gasteiger partial charge in [0.05, 0.1) is 0 Å². The molecule has 2 rings (SSSR count). The largest absolute Gasteiger partial charge is 0.349 e. The Bertz CT molecular complexity index is 378. The minimum Gasteiger partial charge on any atom is -0.349 e. The molecule has 1 saturated heterocycles. The van der Waals surface area contributed by atoms with E-state index in [1.807, 2.05) is 45.0 Å². The average molecular weight is 262 g/mol. The molecule has 19 heavy (non-hydrogen) atoms. The molecule has 0 bridgehead atoms. The van der Waals surface area contributed by atoms with Crippen LogP contribution in [0.1, 0.15) is 42.6 Å². The summed E-state index contributed by atoms with van der Waals surface area (Å²) in [6.07, 6.45) is 2.10. The van der Waals surface area contributed by atoms with E-state index < -0.39 is 0 Å². The summed E-state index contributed by atoms with van der Waals surface area (Å²) in [7, 11) is 2.12. The first-order chi connectivity index (χ1) is 9.15. The summed E-state index contributed by atoms with van der Waals surface area (Å²) in [6, 6.07) is 8.06. The zero-order chi connectivity index (χ0) is 14.3. The topological polar surface area (TPSA) is 32.3 Å². The summed E-state index contributed by atoms with van der Waals surface area (Å²) < 4.78 is 0. The molecular weight excluding hydrogens is 236 g/mol. The molecule has 1 aliphatic rings. The quantitative estimate of drug-likeness (QED) is 0.889. The van der Waals surface area contributed by atoms with Crippen molar-refractivity contribution >= 4 is 5.91 Å². The third kappa shape index (κ3) is 5.03. The first-order valence-corrected chi connectivity index (χ1v) is 7.21. The minimum absolute atomic E-state index is 0.0551. The number of nitrogens with zero attached hydrogens (tertiary/aromatic N) is 1. The molecule has 1 aromatic carbocycles. The number of amides is 1. The summed E-state index contributed by atoms with van der Waals surface area (Å²) in [6.45, 7) is 8.16. The van der Waals surface area contributed by atoms with E-state index in [0.717, 1.165) is 31.5 Å². The molecule has 0 saturated carbocycles. The monoisotopic (exact) mass is 262 g/mol. The number of hydrogen-bond acceptors (Lipinski definition) is 2. The fraction of sp³-hybridized carbons (Fsp3) is 0.562. The Morgan fingerprint density at radius 3 is 2.21 bits per heavy atom. The Labute approximate surface area is 117 Å². The highest BCUT2D eigenvalue weighted by atomic mass is 16.1. The van der Waals surface area contributed by atoms with E-state index in [4.69, 9.17) is 0 Å². The fourth-order valence-electron chi connectivity index (χ4n) is 2.13. The van der Waals surface area contributed by atoms with Gasteiger partial charge in [-0.1, -0.05) is 31.5 Å². The summed E-state index contributed by atoms with van der Waals surface area (Å²) in [5.41, 5.74) is 1.94. The van der Waals surface area contributed by atoms with Crippen LogP contribution in [0.5, 0.6) is 0 Å². The Balaban J connectivity index is 0.000000861. The van der Waals surface area contributed by atoms with Crippen LogP contribution in [0.4, 0.5) is 0 Å². The highest BCUT2D eigenvalue weighted by Gasteiger charge is 2.18. The van der Waals surface area contributed by atoms with Crippen LogP contribution in [0.2, 0.25) is 0 Å². The van der Waals surface area contributed by atoms with E-state index in [-0.39, 0.29) is 5.91 Å². The van der Waals surface area contributed by atoms with Gasteiger partial charge in [0.25, 0.3) is 5.91 Å². The normalized spacial score (nSPS) is 16.4. The van der Waals surface area contributed by atoms with Crippen LogP contribution in [-0.4, -0.2) is 37.0 Å². The smallest absolute Gasteiger partial charge is 0.251 e. The van der Waals surface area contributed by atoms with Crippen molar-refractivity contribution in [2.75, 3.05) is 20.1 Å². The number of hydrogen-bond donors (Lipinski definition) is 1. The molecule has 1 N–H and O–H groups in total. The number of benzene rings is 1. The molecule has 3 heteroatoms. The highest BCUT2D eigenvalue weighted by Crippen LogP contribution is 2.10. The average Bonchev–Trinajstić information content (AvgIpc) is 2.44. The zero-order valence-corrected chi connectivity index (χ0v) is 12.6. The molecule has 0 spiro atoms. The van der Waals surface area contributed by atoms with Crippen molar-refractivity contribution in [1.29, 1.82) is 0 Å². The maximum atomic E-state index is 12.0. The predicted octanol–water partition coefficient (Wildman–Crippen LogP) is 2.85. The van der Waals surface area contributed by atoms with Gasteiger partial charge in [-0.3, -0.25) is 4.79 Å². The second-order valence-electron chi connectivity index (χ2n) is 4.92. The number of aryl methyl sites for hydroxylation is 1. The lowest BCUT2D eigenvalue weighted by atomic mass is 10.0. The third-order valence-electron chi connectivity index (χ3n) is 3.37. The first kappa shape index (κ1) is 15.7. The second-order valence-corrected chi connectivity index (χ2v) is 4.92. The van der Waals surface area contributed by atoms with Crippen molar-refractivity contribution in [2.24, 2.45) is 0 Å². The Hall–Kier alpha value is -1.35. The Morgan fingerprint density at radius 2 is 1.68 bits per heavy atom. The Morgan fingerprint density at radius 1 is 1.16 bits per heavy atom. The number of carbonyl (C=O) groups is 1. The van der Waals surface area contributed by atoms with Crippen molar-refractivity contribution in [3.63, 3.8) is 0 Å². The van der Waals surface area contributed by atoms with E-state index in [1.165, 1.54) is 5.56 Å². The molecule has 0 aliphatic carbocycles. The zero-order valence-electron chi connectivity index (χ0n) is 12.6. The van der Waals surface area contributed by atoms with Gasteiger partial charge in [-0.15, -0.1) is 0 Å². The molecule has 0 aromatic heterocycles. The lowest BCUT2D eigenvalue weighted by Gasteiger charge is -2.29. The summed E-state index contributed by atoms with van der Waals surface area (Å²) in [5, 5.41) is 3.11. The van der Waals surface area contributed by atoms with Gasteiger partial charge in [0.2, 0.25) is 0 Å². The molecule has 0 radical (unpaired) electrons. The SMILES string of the molecule is CC.Cc1ccc(C(=O)NC2CCN(C)CC2)cc1. The molecule has 1 heterocycles. The molecule has 106 valence electrons. The third-order valence-corrected chi connectivity index (χ3v) is 3.37. The van der Waals surface area contributed by atoms with E-state index in [0.29, 0.717) is 6.04 Å². The molecule has 1 amide bonds. The van der Waals surface area contributed by atoms with Gasteiger partial charge in [-0.25, -0.2) is 0 Å². The highest BCUT2D eigenvalue weighted by molar-refractivity contribution is 5.94. The van der Waals surface area contributed by atoms with Crippen molar-refractivity contribution in [3.8, 4) is 0 Å². The van der Waals surface area contributed by atoms with Gasteiger partial charge < -0.3 is 10.2 Å². The van der Waals surface area contributed by atoms with Crippen LogP contribution in [0.25, 0.3) is 0 Å². The molecule has 1 aliphatic heterocycles. The minimum atomic E-state index is 0.0551. The van der Waals surface area contributed by atoms with Gasteiger partial charge in [-0.05, 0) is 52.0 Å². The van der Waals surface area contributed by atoms with Crippen LogP contribution in [0.15, 0.2) is 24.3 Å². The van der Waals surface area contributed by atoms with Crippen LogP contribution in [0, 0.1) is 6.92 Å². The van der Waals surface area contributed by atoms with Crippen molar-refractivity contribution in [1.82, 2.24) is 10.2 Å². The lowest BCUT2D eigenvalue weighted by Crippen LogP contribution is -2.43. The molecule has 1 fully saturated rings. The van der Waals surface area contributed by atoms with Crippen molar-refractivity contribution in [3.05, 3.63) is 35.4 Å². The van der Waals surface area contributed by atoms with Gasteiger partial charge >= 0.3 is 0 Å². The van der Waals surface area contributed by atoms with E-state index in [2.05, 4.69) is 17.3 Å². The van der Waals surface area contributed by atoms with Crippen LogP contribution in [0.3, 0.4) is 0 Å². The molecule has 1 aromatic rings. The fourth-order valence-corrected chi connectivity index (χ4v) is 2.13. The summed E-state index contributed by atoms with van der Waals surface area (Å²) in [5.74, 6) is 0.0551. The van der Waals surface area contributed by atoms with Crippen molar-refractivity contribution < 1.29 is 4.79 Å². The van der Waals surface area contributed by atoms with E-state index >= 15 is 0 Å². The summed E-state index contributed by atoms with van der Waals surface area (Å²) in [4.78, 5) is 14.3. The number of rotatable bonds is 2. The van der Waals surface area contributed by atoms with E-state index in [1.54, 1.807) is 0 Å². The predicted molar refractivity (Wildman–Crippen MR) is 80.5 cm³/mol. The Kier molecular flexibility index (Phi) is 6.57. The van der Waals surface area contributed by atoms with Crippen LogP contribution < -0.4 is 5.32 Å². The first-order valence-electron chi connectivity index (χ1n) is 7.21. The van der Waals surface area contributed by atoms with E-state index in [9.17, 15) is 4.79 Å². The molecule has 0 atom stereocenters. The second kappa shape index (κ2) is 7.95. The molecule has 3 nitrogen and oxygen atoms in total. The number of likely N-dealkylation sites (tertiary alicyclic amines) is 1. The van der Waals surface area contributed by atoms with Crippen LogP contribution in [-0.2, 0) is 0 Å². The van der Waals surface area contributed by atoms with Gasteiger partial charge in [-0.2, -0.15) is 0 Å². The lowest BCUT2D eigenvalue weighted by molar-refractivity contribution is 0.0917. The molecule has 0 unspecified atom stereocenters. The maximum absolute atomic E-state index is 12.0. The van der Waals surface area contributed by atoms with Gasteiger partial charge in [0.1, 0.15) is 0 Å². The number of carbonyl (C=O) groups excluding carboxylic acids is 1.